The van der Waals surface area contributed by atoms with Gasteiger partial charge >= 0.3 is 6.09 Å². The summed E-state index contributed by atoms with van der Waals surface area (Å²) in [7, 11) is 0. The quantitative estimate of drug-likeness (QED) is 0.747. The van der Waals surface area contributed by atoms with Gasteiger partial charge in [0.15, 0.2) is 5.58 Å². The van der Waals surface area contributed by atoms with Crippen LogP contribution in [-0.2, 0) is 0 Å². The number of benzene rings is 2. The van der Waals surface area contributed by atoms with E-state index in [1.54, 1.807) is 24.3 Å². The molecular weight excluding hydrogens is 298 g/mol. The molecule has 1 unspecified atom stereocenters. The van der Waals surface area contributed by atoms with E-state index in [9.17, 15) is 4.79 Å². The van der Waals surface area contributed by atoms with Gasteiger partial charge in [0.25, 0.3) is 5.88 Å². The third kappa shape index (κ3) is 3.41. The molecule has 1 heterocycles. The van der Waals surface area contributed by atoms with Gasteiger partial charge in [-0.1, -0.05) is 24.3 Å². The minimum absolute atomic E-state index is 0.229. The van der Waals surface area contributed by atoms with Crippen molar-refractivity contribution in [3.63, 3.8) is 0 Å². The molecule has 0 fully saturated rings. The summed E-state index contributed by atoms with van der Waals surface area (Å²) in [5, 5.41) is 4.68. The van der Waals surface area contributed by atoms with Crippen molar-refractivity contribution in [1.29, 1.82) is 0 Å². The second-order valence-electron chi connectivity index (χ2n) is 4.89. The minimum Gasteiger partial charge on any atom is -0.473 e. The lowest BCUT2D eigenvalue weighted by Gasteiger charge is -2.12. The van der Waals surface area contributed by atoms with Gasteiger partial charge in [0.05, 0.1) is 11.4 Å². The molecule has 0 saturated carbocycles. The summed E-state index contributed by atoms with van der Waals surface area (Å²) in [6.45, 7) is 0.229. The largest absolute Gasteiger partial charge is 0.473 e. The fourth-order valence-corrected chi connectivity index (χ4v) is 2.13. The Hall–Kier alpha value is -3.06. The maximum atomic E-state index is 10.7. The Balaban J connectivity index is 1.65. The van der Waals surface area contributed by atoms with Crippen LogP contribution in [0.1, 0.15) is 11.6 Å². The van der Waals surface area contributed by atoms with E-state index in [2.05, 4.69) is 5.16 Å². The molecule has 0 saturated heterocycles. The van der Waals surface area contributed by atoms with Crippen molar-refractivity contribution in [3.05, 3.63) is 54.1 Å². The van der Waals surface area contributed by atoms with Crippen LogP contribution in [0.2, 0.25) is 0 Å². The summed E-state index contributed by atoms with van der Waals surface area (Å²) in [4.78, 5) is 10.7. The molecule has 1 amide bonds. The summed E-state index contributed by atoms with van der Waals surface area (Å²) in [6.07, 6.45) is -0.858. The van der Waals surface area contributed by atoms with Crippen LogP contribution in [0.5, 0.6) is 11.6 Å². The van der Waals surface area contributed by atoms with Crippen LogP contribution in [-0.4, -0.2) is 17.9 Å². The molecule has 7 nitrogen and oxygen atoms in total. The van der Waals surface area contributed by atoms with Gasteiger partial charge in [0.2, 0.25) is 0 Å². The average Bonchev–Trinajstić information content (AvgIpc) is 2.96. The van der Waals surface area contributed by atoms with Crippen molar-refractivity contribution >= 4 is 17.1 Å². The third-order valence-electron chi connectivity index (χ3n) is 3.27. The molecule has 1 atom stereocenters. The number of carbonyl (C=O) groups is 1. The molecule has 0 aliphatic carbocycles. The maximum Gasteiger partial charge on any atom is 0.409 e. The zero-order valence-electron chi connectivity index (χ0n) is 12.1. The molecule has 7 heteroatoms. The molecule has 0 radical (unpaired) electrons. The standard InChI is InChI=1S/C16H15N3O4/c17-13(10-5-7-11(8-6-10)22-16(18)20)9-21-15-12-3-1-2-4-14(12)23-19-15/h1-8,13H,9,17H2,(H2,18,20). The Kier molecular flexibility index (Phi) is 4.11. The first-order chi connectivity index (χ1) is 11.1. The molecule has 0 aliphatic rings. The highest BCUT2D eigenvalue weighted by molar-refractivity contribution is 5.81. The predicted molar refractivity (Wildman–Crippen MR) is 83.1 cm³/mol. The Morgan fingerprint density at radius 3 is 2.65 bits per heavy atom. The van der Waals surface area contributed by atoms with Gasteiger partial charge in [-0.15, -0.1) is 0 Å². The van der Waals surface area contributed by atoms with Gasteiger partial charge in [-0.25, -0.2) is 4.79 Å². The van der Waals surface area contributed by atoms with Gasteiger partial charge in [-0.3, -0.25) is 0 Å². The van der Waals surface area contributed by atoms with E-state index in [1.807, 2.05) is 24.3 Å². The monoisotopic (exact) mass is 313 g/mol. The van der Waals surface area contributed by atoms with Crippen LogP contribution in [0.3, 0.4) is 0 Å². The third-order valence-corrected chi connectivity index (χ3v) is 3.27. The molecule has 2 aromatic carbocycles. The Morgan fingerprint density at radius 1 is 1.17 bits per heavy atom. The van der Waals surface area contributed by atoms with Gasteiger partial charge in [0, 0.05) is 0 Å². The van der Waals surface area contributed by atoms with Crippen LogP contribution in [0.25, 0.3) is 11.0 Å². The molecule has 1 aromatic heterocycles. The van der Waals surface area contributed by atoms with Crippen molar-refractivity contribution < 1.29 is 18.8 Å². The summed E-state index contributed by atoms with van der Waals surface area (Å²) in [6, 6.07) is 13.8. The first-order valence-corrected chi connectivity index (χ1v) is 6.93. The molecule has 0 bridgehead atoms. The lowest BCUT2D eigenvalue weighted by Crippen LogP contribution is -2.19. The first-order valence-electron chi connectivity index (χ1n) is 6.93. The van der Waals surface area contributed by atoms with E-state index in [0.29, 0.717) is 17.2 Å². The fraction of sp³-hybridized carbons (Fsp3) is 0.125. The van der Waals surface area contributed by atoms with E-state index in [4.69, 9.17) is 25.5 Å². The zero-order valence-corrected chi connectivity index (χ0v) is 12.1. The van der Waals surface area contributed by atoms with Crippen molar-refractivity contribution in [2.45, 2.75) is 6.04 Å². The minimum atomic E-state index is -0.858. The number of carbonyl (C=O) groups excluding carboxylic acids is 1. The Labute approximate surface area is 131 Å². The van der Waals surface area contributed by atoms with E-state index < -0.39 is 6.09 Å². The SMILES string of the molecule is NC(=O)Oc1ccc(C(N)COc2noc3ccccc23)cc1. The highest BCUT2D eigenvalue weighted by Gasteiger charge is 2.12. The molecule has 23 heavy (non-hydrogen) atoms. The number of hydrogen-bond acceptors (Lipinski definition) is 6. The zero-order chi connectivity index (χ0) is 16.2. The summed E-state index contributed by atoms with van der Waals surface area (Å²) in [5.74, 6) is 0.765. The number of hydrogen-bond donors (Lipinski definition) is 2. The maximum absolute atomic E-state index is 10.7. The Bertz CT molecular complexity index is 814. The number of primary amides is 1. The van der Waals surface area contributed by atoms with Crippen molar-refractivity contribution in [2.75, 3.05) is 6.61 Å². The van der Waals surface area contributed by atoms with Crippen molar-refractivity contribution in [1.82, 2.24) is 5.16 Å². The topological polar surface area (TPSA) is 114 Å². The molecular formula is C16H15N3O4. The summed E-state index contributed by atoms with van der Waals surface area (Å²) >= 11 is 0. The molecule has 4 N–H and O–H groups in total. The lowest BCUT2D eigenvalue weighted by atomic mass is 10.1. The highest BCUT2D eigenvalue weighted by atomic mass is 16.5. The molecule has 0 aliphatic heterocycles. The van der Waals surface area contributed by atoms with Gasteiger partial charge < -0.3 is 25.5 Å². The number of rotatable bonds is 5. The molecule has 3 aromatic rings. The summed E-state index contributed by atoms with van der Waals surface area (Å²) < 4.78 is 15.6. The van der Waals surface area contributed by atoms with Crippen LogP contribution in [0.4, 0.5) is 4.79 Å². The number of nitrogens with two attached hydrogens (primary N) is 2. The average molecular weight is 313 g/mol. The van der Waals surface area contributed by atoms with E-state index in [1.165, 1.54) is 0 Å². The van der Waals surface area contributed by atoms with Gasteiger partial charge in [-0.05, 0) is 35.0 Å². The van der Waals surface area contributed by atoms with Crippen LogP contribution in [0.15, 0.2) is 53.1 Å². The number of nitrogens with zero attached hydrogens (tertiary/aromatic N) is 1. The second kappa shape index (κ2) is 6.37. The van der Waals surface area contributed by atoms with Crippen LogP contribution >= 0.6 is 0 Å². The lowest BCUT2D eigenvalue weighted by molar-refractivity contribution is 0.211. The number of aromatic nitrogens is 1. The van der Waals surface area contributed by atoms with E-state index in [0.717, 1.165) is 10.9 Å². The molecule has 118 valence electrons. The van der Waals surface area contributed by atoms with Crippen molar-refractivity contribution in [3.8, 4) is 11.6 Å². The number of para-hydroxylation sites is 1. The van der Waals surface area contributed by atoms with Crippen LogP contribution in [0, 0.1) is 0 Å². The molecule has 0 spiro atoms. The number of fused-ring (bicyclic) bond motifs is 1. The van der Waals surface area contributed by atoms with E-state index >= 15 is 0 Å². The van der Waals surface area contributed by atoms with Crippen LogP contribution < -0.4 is 20.9 Å². The normalized spacial score (nSPS) is 12.0. The van der Waals surface area contributed by atoms with Crippen molar-refractivity contribution in [2.24, 2.45) is 11.5 Å². The fourth-order valence-electron chi connectivity index (χ4n) is 2.13. The Morgan fingerprint density at radius 2 is 1.91 bits per heavy atom. The smallest absolute Gasteiger partial charge is 0.409 e. The van der Waals surface area contributed by atoms with E-state index in [-0.39, 0.29) is 12.6 Å². The first kappa shape index (κ1) is 14.9. The predicted octanol–water partition coefficient (Wildman–Crippen LogP) is 2.36. The number of ether oxygens (including phenoxy) is 2. The highest BCUT2D eigenvalue weighted by Crippen LogP contribution is 2.25. The summed E-state index contributed by atoms with van der Waals surface area (Å²) in [5.41, 5.74) is 12.5. The van der Waals surface area contributed by atoms with Gasteiger partial charge in [0.1, 0.15) is 12.4 Å². The molecule has 3 rings (SSSR count). The number of amides is 1. The van der Waals surface area contributed by atoms with Gasteiger partial charge in [-0.2, -0.15) is 0 Å². The second-order valence-corrected chi connectivity index (χ2v) is 4.89.